The number of carbonyl (C=O) groups is 2. The van der Waals surface area contributed by atoms with Crippen LogP contribution >= 0.6 is 0 Å². The Morgan fingerprint density at radius 2 is 1.91 bits per heavy atom. The number of furan rings is 1. The molecule has 1 amide bonds. The molecule has 1 heterocycles. The van der Waals surface area contributed by atoms with Gasteiger partial charge < -0.3 is 14.8 Å². The van der Waals surface area contributed by atoms with Crippen molar-refractivity contribution in [1.82, 2.24) is 9.62 Å². The molecule has 1 aromatic rings. The van der Waals surface area contributed by atoms with Gasteiger partial charge in [0.1, 0.15) is 0 Å². The minimum absolute atomic E-state index is 0.150. The van der Waals surface area contributed by atoms with Gasteiger partial charge in [0.2, 0.25) is 5.09 Å². The van der Waals surface area contributed by atoms with Gasteiger partial charge in [-0.15, -0.1) is 0 Å². The van der Waals surface area contributed by atoms with Crippen molar-refractivity contribution >= 4 is 21.9 Å². The molecular formula is C14H22N2O6S. The van der Waals surface area contributed by atoms with Crippen molar-refractivity contribution in [3.8, 4) is 0 Å². The predicted octanol–water partition coefficient (Wildman–Crippen LogP) is 1.15. The van der Waals surface area contributed by atoms with Crippen LogP contribution in [-0.2, 0) is 14.8 Å². The van der Waals surface area contributed by atoms with Gasteiger partial charge in [0, 0.05) is 14.1 Å². The Hall–Kier alpha value is -1.87. The van der Waals surface area contributed by atoms with Crippen LogP contribution in [0.15, 0.2) is 21.6 Å². The second kappa shape index (κ2) is 6.71. The quantitative estimate of drug-likeness (QED) is 0.765. The number of carbonyl (C=O) groups excluding carboxylic acids is 1. The van der Waals surface area contributed by atoms with E-state index in [1.165, 1.54) is 26.2 Å². The average molecular weight is 346 g/mol. The first kappa shape index (κ1) is 19.2. The molecule has 0 spiro atoms. The fourth-order valence-electron chi connectivity index (χ4n) is 1.79. The number of carboxylic acid groups (broad SMARTS) is 1. The summed E-state index contributed by atoms with van der Waals surface area (Å²) in [6, 6.07) is 2.43. The van der Waals surface area contributed by atoms with E-state index >= 15 is 0 Å². The van der Waals surface area contributed by atoms with Crippen LogP contribution < -0.4 is 5.32 Å². The number of sulfonamides is 1. The SMILES string of the molecule is CC(C)C(C)(CC(=O)O)NC(=O)c1ccc(S(=O)(=O)N(C)C)o1. The van der Waals surface area contributed by atoms with E-state index in [1.54, 1.807) is 20.8 Å². The molecule has 0 bridgehead atoms. The van der Waals surface area contributed by atoms with Crippen LogP contribution in [0.5, 0.6) is 0 Å². The minimum Gasteiger partial charge on any atom is -0.481 e. The summed E-state index contributed by atoms with van der Waals surface area (Å²) in [4.78, 5) is 23.2. The summed E-state index contributed by atoms with van der Waals surface area (Å²) in [6.07, 6.45) is -0.264. The Balaban J connectivity index is 3.03. The Morgan fingerprint density at radius 3 is 2.35 bits per heavy atom. The largest absolute Gasteiger partial charge is 0.481 e. The molecule has 0 aliphatic carbocycles. The van der Waals surface area contributed by atoms with Gasteiger partial charge in [0.05, 0.1) is 12.0 Å². The Kier molecular flexibility index (Phi) is 5.60. The van der Waals surface area contributed by atoms with Crippen LogP contribution in [0, 0.1) is 5.92 Å². The smallest absolute Gasteiger partial charge is 0.305 e. The van der Waals surface area contributed by atoms with Crippen LogP contribution in [0.3, 0.4) is 0 Å². The standard InChI is InChI=1S/C14H22N2O6S/c1-9(2)14(3,8-11(17)18)15-13(19)10-6-7-12(22-10)23(20,21)16(4)5/h6-7,9H,8H2,1-5H3,(H,15,19)(H,17,18). The fourth-order valence-corrected chi connectivity index (χ4v) is 2.58. The third kappa shape index (κ3) is 4.32. The van der Waals surface area contributed by atoms with Gasteiger partial charge in [-0.05, 0) is 25.0 Å². The van der Waals surface area contributed by atoms with Crippen molar-refractivity contribution in [2.75, 3.05) is 14.1 Å². The van der Waals surface area contributed by atoms with E-state index in [1.807, 2.05) is 0 Å². The highest BCUT2D eigenvalue weighted by molar-refractivity contribution is 7.88. The third-order valence-electron chi connectivity index (χ3n) is 3.73. The van der Waals surface area contributed by atoms with Gasteiger partial charge in [0.25, 0.3) is 15.9 Å². The van der Waals surface area contributed by atoms with Gasteiger partial charge in [-0.1, -0.05) is 13.8 Å². The zero-order valence-electron chi connectivity index (χ0n) is 13.8. The third-order valence-corrected chi connectivity index (χ3v) is 5.42. The Morgan fingerprint density at radius 1 is 1.35 bits per heavy atom. The maximum absolute atomic E-state index is 12.3. The maximum Gasteiger partial charge on any atom is 0.305 e. The lowest BCUT2D eigenvalue weighted by atomic mass is 9.85. The van der Waals surface area contributed by atoms with Crippen molar-refractivity contribution in [2.45, 2.75) is 37.8 Å². The molecule has 0 aliphatic rings. The van der Waals surface area contributed by atoms with E-state index in [4.69, 9.17) is 9.52 Å². The highest BCUT2D eigenvalue weighted by Gasteiger charge is 2.34. The molecule has 0 aromatic carbocycles. The van der Waals surface area contributed by atoms with Crippen LogP contribution in [0.1, 0.15) is 37.7 Å². The first-order chi connectivity index (χ1) is 10.4. The summed E-state index contributed by atoms with van der Waals surface area (Å²) in [5.74, 6) is -2.05. The minimum atomic E-state index is -3.78. The molecule has 1 rings (SSSR count). The highest BCUT2D eigenvalue weighted by Crippen LogP contribution is 2.23. The van der Waals surface area contributed by atoms with Crippen molar-refractivity contribution in [1.29, 1.82) is 0 Å². The van der Waals surface area contributed by atoms with Crippen LogP contribution in [0.4, 0.5) is 0 Å². The van der Waals surface area contributed by atoms with E-state index < -0.39 is 27.4 Å². The number of nitrogens with one attached hydrogen (secondary N) is 1. The van der Waals surface area contributed by atoms with Crippen molar-refractivity contribution in [2.24, 2.45) is 5.92 Å². The van der Waals surface area contributed by atoms with Crippen LogP contribution in [0.2, 0.25) is 0 Å². The average Bonchev–Trinajstić information content (AvgIpc) is 2.87. The van der Waals surface area contributed by atoms with Crippen LogP contribution in [-0.4, -0.2) is 49.3 Å². The van der Waals surface area contributed by atoms with E-state index in [-0.39, 0.29) is 23.2 Å². The molecule has 8 nitrogen and oxygen atoms in total. The second-order valence-electron chi connectivity index (χ2n) is 6.00. The van der Waals surface area contributed by atoms with E-state index in [0.717, 1.165) is 4.31 Å². The number of hydrogen-bond donors (Lipinski definition) is 2. The molecule has 1 aromatic heterocycles. The van der Waals surface area contributed by atoms with Crippen molar-refractivity contribution < 1.29 is 27.5 Å². The number of carboxylic acids is 1. The molecule has 1 atom stereocenters. The molecule has 23 heavy (non-hydrogen) atoms. The molecular weight excluding hydrogens is 324 g/mol. The predicted molar refractivity (Wildman–Crippen MR) is 82.5 cm³/mol. The van der Waals surface area contributed by atoms with E-state index in [2.05, 4.69) is 5.32 Å². The van der Waals surface area contributed by atoms with Crippen LogP contribution in [0.25, 0.3) is 0 Å². The first-order valence-corrected chi connectivity index (χ1v) is 8.41. The second-order valence-corrected chi connectivity index (χ2v) is 8.09. The van der Waals surface area contributed by atoms with E-state index in [9.17, 15) is 18.0 Å². The molecule has 1 unspecified atom stereocenters. The zero-order valence-corrected chi connectivity index (χ0v) is 14.6. The van der Waals surface area contributed by atoms with E-state index in [0.29, 0.717) is 0 Å². The maximum atomic E-state index is 12.3. The summed E-state index contributed by atoms with van der Waals surface area (Å²) in [5, 5.41) is 11.3. The Labute approximate surface area is 135 Å². The molecule has 130 valence electrons. The Bertz CT molecular complexity index is 692. The number of rotatable bonds is 7. The van der Waals surface area contributed by atoms with Gasteiger partial charge in [-0.2, -0.15) is 0 Å². The van der Waals surface area contributed by atoms with Gasteiger partial charge in [-0.25, -0.2) is 12.7 Å². The molecule has 0 fully saturated rings. The lowest BCUT2D eigenvalue weighted by molar-refractivity contribution is -0.138. The molecule has 0 saturated carbocycles. The first-order valence-electron chi connectivity index (χ1n) is 6.97. The summed E-state index contributed by atoms with van der Waals surface area (Å²) in [7, 11) is -1.08. The fraction of sp³-hybridized carbons (Fsp3) is 0.571. The zero-order chi connectivity index (χ0) is 18.0. The topological polar surface area (TPSA) is 117 Å². The normalized spacial score (nSPS) is 14.7. The van der Waals surface area contributed by atoms with Gasteiger partial charge in [-0.3, -0.25) is 9.59 Å². The van der Waals surface area contributed by atoms with Crippen molar-refractivity contribution in [3.05, 3.63) is 17.9 Å². The molecule has 9 heteroatoms. The molecule has 0 radical (unpaired) electrons. The lowest BCUT2D eigenvalue weighted by Gasteiger charge is -2.33. The molecule has 0 aliphatic heterocycles. The summed E-state index contributed by atoms with van der Waals surface area (Å²) in [6.45, 7) is 5.19. The van der Waals surface area contributed by atoms with Gasteiger partial charge >= 0.3 is 5.97 Å². The monoisotopic (exact) mass is 346 g/mol. The van der Waals surface area contributed by atoms with Crippen molar-refractivity contribution in [3.63, 3.8) is 0 Å². The highest BCUT2D eigenvalue weighted by atomic mass is 32.2. The number of aliphatic carboxylic acids is 1. The summed E-state index contributed by atoms with van der Waals surface area (Å²) < 4.78 is 29.9. The lowest BCUT2D eigenvalue weighted by Crippen LogP contribution is -2.51. The molecule has 2 N–H and O–H groups in total. The number of hydrogen-bond acceptors (Lipinski definition) is 5. The number of amides is 1. The molecule has 0 saturated heterocycles. The van der Waals surface area contributed by atoms with Gasteiger partial charge in [0.15, 0.2) is 5.76 Å². The summed E-state index contributed by atoms with van der Waals surface area (Å²) >= 11 is 0. The summed E-state index contributed by atoms with van der Waals surface area (Å²) in [5.41, 5.74) is -0.990. The number of nitrogens with zero attached hydrogens (tertiary/aromatic N) is 1.